The zero-order valence-corrected chi connectivity index (χ0v) is 24.6. The molecule has 0 radical (unpaired) electrons. The number of nitrogens with zero attached hydrogens (tertiary/aromatic N) is 2. The van der Waals surface area contributed by atoms with Crippen LogP contribution >= 0.6 is 11.3 Å². The van der Waals surface area contributed by atoms with Crippen molar-refractivity contribution in [3.05, 3.63) is 87.6 Å². The first-order valence-corrected chi connectivity index (χ1v) is 17.8. The van der Waals surface area contributed by atoms with Gasteiger partial charge in [0.15, 0.2) is 0 Å². The van der Waals surface area contributed by atoms with Crippen LogP contribution < -0.4 is 4.74 Å². The Kier molecular flexibility index (Phi) is 9.28. The molecule has 3 aromatic rings. The Bertz CT molecular complexity index is 1210. The minimum Gasteiger partial charge on any atom is -0.485 e. The summed E-state index contributed by atoms with van der Waals surface area (Å²) >= 11 is 1.65. The lowest BCUT2D eigenvalue weighted by Gasteiger charge is -2.28. The van der Waals surface area contributed by atoms with E-state index in [1.807, 2.05) is 64.9 Å². The zero-order valence-electron chi connectivity index (χ0n) is 22.8. The Morgan fingerprint density at radius 1 is 1.08 bits per heavy atom. The van der Waals surface area contributed by atoms with Crippen LogP contribution in [0.4, 0.5) is 4.79 Å². The number of hydrogen-bond acceptors (Lipinski definition) is 5. The molecule has 4 rings (SSSR count). The molecule has 0 saturated carbocycles. The van der Waals surface area contributed by atoms with E-state index in [0.717, 1.165) is 46.3 Å². The van der Waals surface area contributed by atoms with E-state index in [1.165, 1.54) is 0 Å². The molecule has 0 spiro atoms. The van der Waals surface area contributed by atoms with E-state index >= 15 is 0 Å². The summed E-state index contributed by atoms with van der Waals surface area (Å²) in [7, 11) is 0.532. The fourth-order valence-electron chi connectivity index (χ4n) is 4.37. The van der Waals surface area contributed by atoms with E-state index in [2.05, 4.69) is 25.7 Å². The number of hydrogen-bond donors (Lipinski definition) is 0. The third kappa shape index (κ3) is 7.71. The van der Waals surface area contributed by atoms with E-state index in [1.54, 1.807) is 23.3 Å². The molecule has 1 atom stereocenters. The number of carbonyl (C=O) groups is 2. The largest absolute Gasteiger partial charge is 0.485 e. The van der Waals surface area contributed by atoms with E-state index in [9.17, 15) is 9.59 Å². The number of ether oxygens (including phenoxy) is 2. The summed E-state index contributed by atoms with van der Waals surface area (Å²) in [6, 6.07) is 20.9. The number of thiophene rings is 1. The third-order valence-corrected chi connectivity index (χ3v) is 9.41. The van der Waals surface area contributed by atoms with E-state index in [-0.39, 0.29) is 18.1 Å². The second kappa shape index (κ2) is 12.6. The number of benzene rings is 2. The molecule has 1 aromatic heterocycles. The van der Waals surface area contributed by atoms with Gasteiger partial charge >= 0.3 is 6.09 Å². The molecular formula is C30H38N2O4SSi. The molecule has 0 bridgehead atoms. The van der Waals surface area contributed by atoms with E-state index in [4.69, 9.17) is 9.47 Å². The highest BCUT2D eigenvalue weighted by atomic mass is 32.1. The average Bonchev–Trinajstić information content (AvgIpc) is 3.43. The second-order valence-electron chi connectivity index (χ2n) is 11.0. The fraction of sp³-hybridized carbons (Fsp3) is 0.400. The lowest BCUT2D eigenvalue weighted by atomic mass is 9.99. The zero-order chi connectivity index (χ0) is 27.1. The molecule has 0 N–H and O–H groups in total. The highest BCUT2D eigenvalue weighted by Crippen LogP contribution is 2.29. The lowest BCUT2D eigenvalue weighted by Crippen LogP contribution is -2.36. The van der Waals surface area contributed by atoms with Gasteiger partial charge in [0.2, 0.25) is 0 Å². The highest BCUT2D eigenvalue weighted by molar-refractivity contribution is 7.10. The van der Waals surface area contributed by atoms with Crippen LogP contribution in [0, 0.1) is 0 Å². The molecule has 2 amide bonds. The Balaban J connectivity index is 1.32. The maximum atomic E-state index is 12.9. The third-order valence-electron chi connectivity index (χ3n) is 6.74. The molecular weight excluding hydrogens is 512 g/mol. The molecule has 2 heterocycles. The van der Waals surface area contributed by atoms with Crippen LogP contribution in [0.5, 0.6) is 5.75 Å². The maximum absolute atomic E-state index is 12.9. The highest BCUT2D eigenvalue weighted by Gasteiger charge is 2.24. The summed E-state index contributed by atoms with van der Waals surface area (Å²) in [6.45, 7) is 9.12. The van der Waals surface area contributed by atoms with Crippen molar-refractivity contribution in [3.63, 3.8) is 0 Å². The van der Waals surface area contributed by atoms with Crippen LogP contribution in [-0.2, 0) is 17.7 Å². The molecule has 38 heavy (non-hydrogen) atoms. The maximum Gasteiger partial charge on any atom is 0.409 e. The van der Waals surface area contributed by atoms with Gasteiger partial charge in [0.25, 0.3) is 5.91 Å². The predicted molar refractivity (Wildman–Crippen MR) is 156 cm³/mol. The molecule has 2 aromatic carbocycles. The van der Waals surface area contributed by atoms with Crippen molar-refractivity contribution >= 4 is 31.4 Å². The average molecular weight is 551 g/mol. The van der Waals surface area contributed by atoms with Gasteiger partial charge in [-0.15, -0.1) is 11.3 Å². The minimum atomic E-state index is -1.24. The second-order valence-corrected chi connectivity index (χ2v) is 17.6. The Morgan fingerprint density at radius 2 is 1.84 bits per heavy atom. The van der Waals surface area contributed by atoms with Crippen LogP contribution in [0.25, 0.3) is 0 Å². The van der Waals surface area contributed by atoms with Gasteiger partial charge in [0.05, 0.1) is 6.61 Å². The first-order chi connectivity index (χ1) is 18.2. The normalized spacial score (nSPS) is 14.1. The van der Waals surface area contributed by atoms with Crippen molar-refractivity contribution < 1.29 is 19.1 Å². The van der Waals surface area contributed by atoms with Crippen LogP contribution in [0.3, 0.4) is 0 Å². The molecule has 1 aliphatic rings. The van der Waals surface area contributed by atoms with Gasteiger partial charge in [-0.2, -0.15) is 0 Å². The van der Waals surface area contributed by atoms with Crippen molar-refractivity contribution in [2.45, 2.75) is 51.2 Å². The van der Waals surface area contributed by atoms with Crippen molar-refractivity contribution in [2.75, 3.05) is 26.7 Å². The molecule has 0 unspecified atom stereocenters. The van der Waals surface area contributed by atoms with Crippen molar-refractivity contribution in [1.29, 1.82) is 0 Å². The van der Waals surface area contributed by atoms with Crippen molar-refractivity contribution in [3.8, 4) is 5.75 Å². The number of fused-ring (bicyclic) bond motifs is 1. The van der Waals surface area contributed by atoms with Crippen molar-refractivity contribution in [2.24, 2.45) is 0 Å². The summed E-state index contributed by atoms with van der Waals surface area (Å²) < 4.78 is 11.9. The van der Waals surface area contributed by atoms with Gasteiger partial charge in [0, 0.05) is 51.6 Å². The monoisotopic (exact) mass is 550 g/mol. The molecule has 0 aliphatic carbocycles. The van der Waals surface area contributed by atoms with Crippen LogP contribution in [-0.4, -0.2) is 56.6 Å². The van der Waals surface area contributed by atoms with Crippen LogP contribution in [0.15, 0.2) is 66.0 Å². The summed E-state index contributed by atoms with van der Waals surface area (Å²) in [5.41, 5.74) is 3.00. The molecule has 0 saturated heterocycles. The number of carbonyl (C=O) groups excluding carboxylic acids is 2. The number of rotatable bonds is 11. The summed E-state index contributed by atoms with van der Waals surface area (Å²) in [6.07, 6.45) is 1.08. The molecule has 6 nitrogen and oxygen atoms in total. The Morgan fingerprint density at radius 3 is 2.55 bits per heavy atom. The van der Waals surface area contributed by atoms with Gasteiger partial charge in [-0.05, 0) is 53.2 Å². The summed E-state index contributed by atoms with van der Waals surface area (Å²) in [5.74, 6) is 0.857. The molecule has 0 fully saturated rings. The first kappa shape index (κ1) is 27.9. The lowest BCUT2D eigenvalue weighted by molar-refractivity contribution is 0.0727. The molecule has 1 aliphatic heterocycles. The Labute approximate surface area is 231 Å². The quantitative estimate of drug-likeness (QED) is 0.245. The van der Waals surface area contributed by atoms with Gasteiger partial charge < -0.3 is 19.3 Å². The van der Waals surface area contributed by atoms with E-state index < -0.39 is 8.07 Å². The van der Waals surface area contributed by atoms with Gasteiger partial charge in [-0.1, -0.05) is 56.0 Å². The van der Waals surface area contributed by atoms with Crippen molar-refractivity contribution in [1.82, 2.24) is 9.80 Å². The summed E-state index contributed by atoms with van der Waals surface area (Å²) in [5, 5.41) is 2.04. The topological polar surface area (TPSA) is 59.1 Å². The van der Waals surface area contributed by atoms with Gasteiger partial charge in [-0.3, -0.25) is 4.79 Å². The fourth-order valence-corrected chi connectivity index (χ4v) is 5.88. The smallest absolute Gasteiger partial charge is 0.409 e. The van der Waals surface area contributed by atoms with Gasteiger partial charge in [0.1, 0.15) is 11.9 Å². The van der Waals surface area contributed by atoms with Gasteiger partial charge in [-0.25, -0.2) is 4.79 Å². The SMILES string of the molecule is CN(CC[C@H](Oc1ccc(CN2CCc3ccccc3C2=O)cc1)c1cccs1)C(=O)OCC[Si](C)(C)C. The first-order valence-electron chi connectivity index (χ1n) is 13.2. The number of amides is 2. The standard InChI is InChI=1S/C30H38N2O4SSi/c1-31(30(34)35-19-21-38(2,3)4)17-16-27(28-10-7-20-37-28)36-25-13-11-23(12-14-25)22-32-18-15-24-8-5-6-9-26(24)29(32)33/h5-14,20,27H,15-19,21-22H2,1-4H3/t27-/m0/s1. The summed E-state index contributed by atoms with van der Waals surface area (Å²) in [4.78, 5) is 30.0. The minimum absolute atomic E-state index is 0.0908. The van der Waals surface area contributed by atoms with E-state index in [0.29, 0.717) is 26.1 Å². The predicted octanol–water partition coefficient (Wildman–Crippen LogP) is 6.86. The molecule has 202 valence electrons. The van der Waals surface area contributed by atoms with Crippen LogP contribution in [0.1, 0.15) is 38.9 Å². The Hall–Kier alpha value is -3.10. The van der Waals surface area contributed by atoms with Crippen LogP contribution in [0.2, 0.25) is 25.7 Å². The molecule has 8 heteroatoms.